The fraction of sp³-hybridized carbons (Fsp3) is 0.556. The van der Waals surface area contributed by atoms with Gasteiger partial charge in [-0.05, 0) is 5.92 Å². The largest absolute Gasteiger partial charge is 0.386 e. The van der Waals surface area contributed by atoms with Crippen molar-refractivity contribution in [3.05, 3.63) is 16.1 Å². The highest BCUT2D eigenvalue weighted by Crippen LogP contribution is 2.26. The van der Waals surface area contributed by atoms with Gasteiger partial charge in [0.2, 0.25) is 0 Å². The standard InChI is InChI=1S/C9H13NO2S/c1-3-6(2)8(12)9-10-4-7(5-11)13-9/h4-6,8,12H,3H2,1-2H3. The van der Waals surface area contributed by atoms with Gasteiger partial charge in [-0.15, -0.1) is 11.3 Å². The SMILES string of the molecule is CCC(C)C(O)c1ncc(C=O)s1. The number of aliphatic hydroxyl groups excluding tert-OH is 1. The minimum atomic E-state index is -0.538. The van der Waals surface area contributed by atoms with Gasteiger partial charge in [0.15, 0.2) is 6.29 Å². The van der Waals surface area contributed by atoms with Crippen LogP contribution < -0.4 is 0 Å². The maximum atomic E-state index is 10.4. The second-order valence-electron chi connectivity index (χ2n) is 3.05. The third kappa shape index (κ3) is 2.35. The molecule has 0 saturated heterocycles. The summed E-state index contributed by atoms with van der Waals surface area (Å²) in [5.74, 6) is 0.186. The van der Waals surface area contributed by atoms with Crippen LogP contribution in [0.4, 0.5) is 0 Å². The summed E-state index contributed by atoms with van der Waals surface area (Å²) in [7, 11) is 0. The number of hydrogen-bond donors (Lipinski definition) is 1. The molecule has 2 atom stereocenters. The summed E-state index contributed by atoms with van der Waals surface area (Å²) in [6, 6.07) is 0. The first-order valence-corrected chi connectivity index (χ1v) is 5.09. The van der Waals surface area contributed by atoms with Gasteiger partial charge >= 0.3 is 0 Å². The third-order valence-corrected chi connectivity index (χ3v) is 3.09. The Hall–Kier alpha value is -0.740. The second kappa shape index (κ2) is 4.48. The average molecular weight is 199 g/mol. The van der Waals surface area contributed by atoms with Crippen LogP contribution in [-0.2, 0) is 0 Å². The van der Waals surface area contributed by atoms with E-state index in [1.807, 2.05) is 13.8 Å². The quantitative estimate of drug-likeness (QED) is 0.755. The lowest BCUT2D eigenvalue weighted by atomic mass is 10.0. The summed E-state index contributed by atoms with van der Waals surface area (Å²) >= 11 is 1.26. The predicted octanol–water partition coefficient (Wildman–Crippen LogP) is 2.04. The van der Waals surface area contributed by atoms with E-state index < -0.39 is 6.10 Å². The summed E-state index contributed by atoms with van der Waals surface area (Å²) in [6.07, 6.45) is 2.61. The fourth-order valence-corrected chi connectivity index (χ4v) is 1.81. The summed E-state index contributed by atoms with van der Waals surface area (Å²) in [5.41, 5.74) is 0. The summed E-state index contributed by atoms with van der Waals surface area (Å²) < 4.78 is 0. The van der Waals surface area contributed by atoms with E-state index in [1.165, 1.54) is 17.5 Å². The van der Waals surface area contributed by atoms with Gasteiger partial charge < -0.3 is 5.11 Å². The number of carbonyl (C=O) groups is 1. The maximum absolute atomic E-state index is 10.4. The molecule has 72 valence electrons. The number of aliphatic hydroxyl groups is 1. The van der Waals surface area contributed by atoms with Crippen molar-refractivity contribution in [2.75, 3.05) is 0 Å². The highest BCUT2D eigenvalue weighted by Gasteiger charge is 2.17. The minimum Gasteiger partial charge on any atom is -0.386 e. The molecule has 0 aliphatic rings. The molecule has 0 fully saturated rings. The van der Waals surface area contributed by atoms with E-state index in [0.717, 1.165) is 12.7 Å². The zero-order valence-corrected chi connectivity index (χ0v) is 8.54. The lowest BCUT2D eigenvalue weighted by molar-refractivity contribution is 0.112. The molecule has 0 radical (unpaired) electrons. The number of thiazole rings is 1. The Balaban J connectivity index is 2.76. The van der Waals surface area contributed by atoms with Gasteiger partial charge in [0.05, 0.1) is 4.88 Å². The Labute approximate surface area is 81.4 Å². The van der Waals surface area contributed by atoms with Crippen LogP contribution in [0, 0.1) is 5.92 Å². The van der Waals surface area contributed by atoms with E-state index in [1.54, 1.807) is 0 Å². The highest BCUT2D eigenvalue weighted by molar-refractivity contribution is 7.13. The van der Waals surface area contributed by atoms with Crippen molar-refractivity contribution in [2.45, 2.75) is 26.4 Å². The highest BCUT2D eigenvalue weighted by atomic mass is 32.1. The molecule has 0 aliphatic carbocycles. The molecular weight excluding hydrogens is 186 g/mol. The van der Waals surface area contributed by atoms with E-state index in [2.05, 4.69) is 4.98 Å². The lowest BCUT2D eigenvalue weighted by Gasteiger charge is -2.13. The smallest absolute Gasteiger partial charge is 0.161 e. The molecule has 13 heavy (non-hydrogen) atoms. The van der Waals surface area contributed by atoms with Gasteiger partial charge in [0.1, 0.15) is 11.1 Å². The van der Waals surface area contributed by atoms with E-state index in [-0.39, 0.29) is 5.92 Å². The van der Waals surface area contributed by atoms with Gasteiger partial charge in [-0.1, -0.05) is 20.3 Å². The molecule has 1 rings (SSSR count). The topological polar surface area (TPSA) is 50.2 Å². The molecule has 1 N–H and O–H groups in total. The first-order valence-electron chi connectivity index (χ1n) is 4.28. The zero-order valence-electron chi connectivity index (χ0n) is 7.73. The molecule has 3 nitrogen and oxygen atoms in total. The van der Waals surface area contributed by atoms with E-state index >= 15 is 0 Å². The van der Waals surface area contributed by atoms with Crippen LogP contribution in [0.15, 0.2) is 6.20 Å². The van der Waals surface area contributed by atoms with Crippen LogP contribution in [0.25, 0.3) is 0 Å². The Morgan fingerprint density at radius 2 is 2.46 bits per heavy atom. The molecule has 0 spiro atoms. The lowest BCUT2D eigenvalue weighted by Crippen LogP contribution is -2.07. The van der Waals surface area contributed by atoms with Crippen LogP contribution in [0.2, 0.25) is 0 Å². The van der Waals surface area contributed by atoms with Gasteiger partial charge in [0, 0.05) is 6.20 Å². The van der Waals surface area contributed by atoms with Gasteiger partial charge in [-0.25, -0.2) is 4.98 Å². The molecule has 4 heteroatoms. The minimum absolute atomic E-state index is 0.186. The summed E-state index contributed by atoms with van der Waals surface area (Å²) in [4.78, 5) is 14.9. The fourth-order valence-electron chi connectivity index (χ4n) is 0.959. The van der Waals surface area contributed by atoms with Crippen molar-refractivity contribution in [3.8, 4) is 0 Å². The molecule has 2 unspecified atom stereocenters. The number of rotatable bonds is 4. The molecule has 0 bridgehead atoms. The number of carbonyl (C=O) groups excluding carboxylic acids is 1. The zero-order chi connectivity index (χ0) is 9.84. The monoisotopic (exact) mass is 199 g/mol. The van der Waals surface area contributed by atoms with Crippen LogP contribution in [0.1, 0.15) is 41.1 Å². The molecule has 0 aliphatic heterocycles. The molecule has 0 amide bonds. The Morgan fingerprint density at radius 3 is 2.92 bits per heavy atom. The molecule has 1 aromatic heterocycles. The first kappa shape index (κ1) is 10.3. The first-order chi connectivity index (χ1) is 6.19. The Kier molecular flexibility index (Phi) is 3.57. The summed E-state index contributed by atoms with van der Waals surface area (Å²) in [6.45, 7) is 3.98. The van der Waals surface area contributed by atoms with Crippen LogP contribution in [0.3, 0.4) is 0 Å². The van der Waals surface area contributed by atoms with E-state index in [9.17, 15) is 9.90 Å². The average Bonchev–Trinajstić information content (AvgIpc) is 2.63. The van der Waals surface area contributed by atoms with E-state index in [0.29, 0.717) is 9.88 Å². The molecule has 0 saturated carbocycles. The van der Waals surface area contributed by atoms with Crippen molar-refractivity contribution >= 4 is 17.6 Å². The molecule has 1 aromatic rings. The van der Waals surface area contributed by atoms with Crippen molar-refractivity contribution < 1.29 is 9.90 Å². The van der Waals surface area contributed by atoms with Gasteiger partial charge in [-0.2, -0.15) is 0 Å². The second-order valence-corrected chi connectivity index (χ2v) is 4.14. The van der Waals surface area contributed by atoms with Crippen molar-refractivity contribution in [2.24, 2.45) is 5.92 Å². The molecule has 0 aromatic carbocycles. The van der Waals surface area contributed by atoms with Crippen molar-refractivity contribution in [1.29, 1.82) is 0 Å². The van der Waals surface area contributed by atoms with Gasteiger partial charge in [0.25, 0.3) is 0 Å². The van der Waals surface area contributed by atoms with Crippen molar-refractivity contribution in [3.63, 3.8) is 0 Å². The number of hydrogen-bond acceptors (Lipinski definition) is 4. The number of aldehydes is 1. The van der Waals surface area contributed by atoms with Crippen molar-refractivity contribution in [1.82, 2.24) is 4.98 Å². The molecular formula is C9H13NO2S. The predicted molar refractivity (Wildman–Crippen MR) is 51.9 cm³/mol. The summed E-state index contributed by atoms with van der Waals surface area (Å²) in [5, 5.41) is 10.4. The van der Waals surface area contributed by atoms with E-state index in [4.69, 9.17) is 0 Å². The Morgan fingerprint density at radius 1 is 1.77 bits per heavy atom. The normalized spacial score (nSPS) is 15.3. The van der Waals surface area contributed by atoms with Gasteiger partial charge in [-0.3, -0.25) is 4.79 Å². The Bertz CT molecular complexity index is 285. The van der Waals surface area contributed by atoms with Crippen LogP contribution in [-0.4, -0.2) is 16.4 Å². The number of nitrogens with zero attached hydrogens (tertiary/aromatic N) is 1. The molecule has 1 heterocycles. The third-order valence-electron chi connectivity index (χ3n) is 2.09. The number of aromatic nitrogens is 1. The van der Waals surface area contributed by atoms with Crippen LogP contribution >= 0.6 is 11.3 Å². The maximum Gasteiger partial charge on any atom is 0.161 e. The van der Waals surface area contributed by atoms with Crippen LogP contribution in [0.5, 0.6) is 0 Å².